The van der Waals surface area contributed by atoms with Gasteiger partial charge in [-0.2, -0.15) is 0 Å². The van der Waals surface area contributed by atoms with Gasteiger partial charge in [0.05, 0.1) is 29.6 Å². The number of thiophene rings is 1. The molecule has 2 heterocycles. The van der Waals surface area contributed by atoms with Crippen LogP contribution in [0, 0.1) is 16.0 Å². The number of hydrogen-bond acceptors (Lipinski definition) is 10. The van der Waals surface area contributed by atoms with Crippen molar-refractivity contribution in [2.24, 2.45) is 11.7 Å². The van der Waals surface area contributed by atoms with Gasteiger partial charge in [-0.25, -0.2) is 4.79 Å². The van der Waals surface area contributed by atoms with Crippen LogP contribution in [0.25, 0.3) is 0 Å². The number of nitrogens with two attached hydrogens (primary N) is 1. The largest absolute Gasteiger partial charge is 0.465 e. The van der Waals surface area contributed by atoms with E-state index in [4.69, 9.17) is 15.2 Å². The van der Waals surface area contributed by atoms with Crippen molar-refractivity contribution in [3.63, 3.8) is 0 Å². The zero-order valence-corrected chi connectivity index (χ0v) is 23.8. The minimum absolute atomic E-state index is 0.0361. The van der Waals surface area contributed by atoms with Crippen molar-refractivity contribution in [1.82, 2.24) is 0 Å². The van der Waals surface area contributed by atoms with Gasteiger partial charge in [0.2, 0.25) is 0 Å². The molecular formula is C31H29N3O7S. The molecule has 0 bridgehead atoms. The van der Waals surface area contributed by atoms with Crippen LogP contribution in [0.5, 0.6) is 0 Å². The van der Waals surface area contributed by atoms with Gasteiger partial charge in [-0.05, 0) is 49.4 Å². The number of anilines is 1. The van der Waals surface area contributed by atoms with Crippen LogP contribution in [0.2, 0.25) is 0 Å². The number of benzene rings is 2. The standard InChI is InChI=1S/C31H29N3O7S/c1-3-40-30(36)25-21(23-14-9-15-42-23)17-22-26(28(25)35)24(18-10-8-13-20(16-18)34(38)39)27(31(37)41-4-2)29(32)33(22)19-11-6-5-7-12-19/h5-16,21,24-25H,3-4,17,32H2,1-2H3. The van der Waals surface area contributed by atoms with Crippen molar-refractivity contribution in [3.05, 3.63) is 115 Å². The SMILES string of the molecule is CCOC(=O)C1=C(N)N(c2ccccc2)C2=C(C(=O)C(C(=O)OCC)C(c3cccs3)C2)C1c1cccc([N+](=O)[O-])c1. The zero-order chi connectivity index (χ0) is 30.0. The van der Waals surface area contributed by atoms with Gasteiger partial charge >= 0.3 is 11.9 Å². The molecule has 5 rings (SSSR count). The molecule has 2 aliphatic rings. The normalized spacial score (nSPS) is 20.3. The minimum atomic E-state index is -1.19. The number of esters is 2. The number of ether oxygens (including phenoxy) is 2. The highest BCUT2D eigenvalue weighted by atomic mass is 32.1. The highest BCUT2D eigenvalue weighted by Crippen LogP contribution is 2.52. The van der Waals surface area contributed by atoms with Crippen LogP contribution < -0.4 is 10.6 Å². The van der Waals surface area contributed by atoms with Crippen molar-refractivity contribution in [3.8, 4) is 0 Å². The van der Waals surface area contributed by atoms with E-state index < -0.39 is 40.4 Å². The maximum atomic E-state index is 14.7. The van der Waals surface area contributed by atoms with Gasteiger partial charge in [-0.3, -0.25) is 24.6 Å². The molecule has 42 heavy (non-hydrogen) atoms. The maximum Gasteiger partial charge on any atom is 0.338 e. The van der Waals surface area contributed by atoms with E-state index in [0.717, 1.165) is 4.88 Å². The first-order valence-corrected chi connectivity index (χ1v) is 14.4. The van der Waals surface area contributed by atoms with E-state index in [1.165, 1.54) is 29.5 Å². The van der Waals surface area contributed by atoms with Gasteiger partial charge in [0.15, 0.2) is 5.78 Å². The van der Waals surface area contributed by atoms with Crippen molar-refractivity contribution in [2.75, 3.05) is 18.1 Å². The topological polar surface area (TPSA) is 142 Å². The van der Waals surface area contributed by atoms with Crippen molar-refractivity contribution in [2.45, 2.75) is 32.1 Å². The van der Waals surface area contributed by atoms with E-state index in [9.17, 15) is 24.5 Å². The van der Waals surface area contributed by atoms with Crippen LogP contribution in [0.1, 0.15) is 42.5 Å². The first kappa shape index (κ1) is 28.7. The lowest BCUT2D eigenvalue weighted by Gasteiger charge is -2.43. The Labute approximate surface area is 246 Å². The van der Waals surface area contributed by atoms with Gasteiger partial charge < -0.3 is 15.2 Å². The average molecular weight is 588 g/mol. The van der Waals surface area contributed by atoms with Crippen LogP contribution >= 0.6 is 11.3 Å². The molecule has 0 fully saturated rings. The number of para-hydroxylation sites is 1. The summed E-state index contributed by atoms with van der Waals surface area (Å²) in [5.74, 6) is -4.78. The molecule has 0 saturated heterocycles. The van der Waals surface area contributed by atoms with Crippen LogP contribution in [0.15, 0.2) is 94.8 Å². The van der Waals surface area contributed by atoms with Gasteiger partial charge in [-0.15, -0.1) is 11.3 Å². The molecule has 3 unspecified atom stereocenters. The lowest BCUT2D eigenvalue weighted by Crippen LogP contribution is -2.46. The molecule has 216 valence electrons. The Kier molecular flexibility index (Phi) is 8.21. The van der Waals surface area contributed by atoms with E-state index in [1.54, 1.807) is 36.9 Å². The number of ketones is 1. The zero-order valence-electron chi connectivity index (χ0n) is 23.0. The van der Waals surface area contributed by atoms with Crippen LogP contribution in [-0.2, 0) is 23.9 Å². The molecule has 10 nitrogen and oxygen atoms in total. The second kappa shape index (κ2) is 12.0. The molecule has 11 heteroatoms. The molecule has 3 atom stereocenters. The molecule has 0 amide bonds. The number of nitro benzene ring substituents is 1. The molecule has 2 N–H and O–H groups in total. The summed E-state index contributed by atoms with van der Waals surface area (Å²) >= 11 is 1.43. The molecule has 0 saturated carbocycles. The Morgan fingerprint density at radius 2 is 1.79 bits per heavy atom. The van der Waals surface area contributed by atoms with Gasteiger partial charge in [0.1, 0.15) is 11.7 Å². The Morgan fingerprint density at radius 3 is 2.43 bits per heavy atom. The maximum absolute atomic E-state index is 14.7. The van der Waals surface area contributed by atoms with Crippen molar-refractivity contribution < 1.29 is 28.8 Å². The second-order valence-corrected chi connectivity index (χ2v) is 10.7. The molecular weight excluding hydrogens is 558 g/mol. The lowest BCUT2D eigenvalue weighted by atomic mass is 9.68. The Hall–Kier alpha value is -4.77. The molecule has 1 aliphatic carbocycles. The molecule has 0 radical (unpaired) electrons. The summed E-state index contributed by atoms with van der Waals surface area (Å²) in [5.41, 5.74) is 8.13. The second-order valence-electron chi connectivity index (χ2n) is 9.76. The first-order valence-electron chi connectivity index (χ1n) is 13.5. The third-order valence-electron chi connectivity index (χ3n) is 7.41. The number of hydrogen-bond donors (Lipinski definition) is 1. The van der Waals surface area contributed by atoms with E-state index in [2.05, 4.69) is 0 Å². The average Bonchev–Trinajstić information content (AvgIpc) is 3.52. The Morgan fingerprint density at radius 1 is 1.05 bits per heavy atom. The lowest BCUT2D eigenvalue weighted by molar-refractivity contribution is -0.384. The summed E-state index contributed by atoms with van der Waals surface area (Å²) in [5, 5.41) is 13.6. The number of Topliss-reactive ketones (excluding diaryl/α,β-unsaturated/α-hetero) is 1. The number of nitro groups is 1. The highest BCUT2D eigenvalue weighted by Gasteiger charge is 2.51. The highest BCUT2D eigenvalue weighted by molar-refractivity contribution is 7.10. The molecule has 1 aliphatic heterocycles. The number of nitrogens with zero attached hydrogens (tertiary/aromatic N) is 2. The Balaban J connectivity index is 1.82. The fraction of sp³-hybridized carbons (Fsp3) is 0.258. The monoisotopic (exact) mass is 587 g/mol. The van der Waals surface area contributed by atoms with Crippen LogP contribution in [0.3, 0.4) is 0 Å². The minimum Gasteiger partial charge on any atom is -0.465 e. The summed E-state index contributed by atoms with van der Waals surface area (Å²) in [4.78, 5) is 55.3. The number of non-ortho nitro benzene ring substituents is 1. The number of allylic oxidation sites excluding steroid dienone is 2. The van der Waals surface area contributed by atoms with Gasteiger partial charge in [0.25, 0.3) is 5.69 Å². The van der Waals surface area contributed by atoms with E-state index in [1.807, 2.05) is 35.7 Å². The molecule has 1 aromatic heterocycles. The van der Waals surface area contributed by atoms with Crippen LogP contribution in [0.4, 0.5) is 11.4 Å². The number of carbonyl (C=O) groups excluding carboxylic acids is 3. The van der Waals surface area contributed by atoms with Crippen molar-refractivity contribution in [1.29, 1.82) is 0 Å². The third kappa shape index (κ3) is 5.07. The quantitative estimate of drug-likeness (QED) is 0.163. The van der Waals surface area contributed by atoms with E-state index in [-0.39, 0.29) is 42.3 Å². The van der Waals surface area contributed by atoms with E-state index >= 15 is 0 Å². The third-order valence-corrected chi connectivity index (χ3v) is 8.42. The molecule has 2 aromatic carbocycles. The molecule has 3 aromatic rings. The summed E-state index contributed by atoms with van der Waals surface area (Å²) in [6.07, 6.45) is 0.224. The predicted molar refractivity (Wildman–Crippen MR) is 156 cm³/mol. The summed E-state index contributed by atoms with van der Waals surface area (Å²) < 4.78 is 10.8. The van der Waals surface area contributed by atoms with E-state index in [0.29, 0.717) is 16.9 Å². The Bertz CT molecular complexity index is 1600. The molecule has 0 spiro atoms. The fourth-order valence-corrected chi connectivity index (χ4v) is 6.60. The predicted octanol–water partition coefficient (Wildman–Crippen LogP) is 5.18. The first-order chi connectivity index (χ1) is 20.3. The van der Waals surface area contributed by atoms with Gasteiger partial charge in [-0.1, -0.05) is 36.4 Å². The number of rotatable bonds is 8. The van der Waals surface area contributed by atoms with Crippen LogP contribution in [-0.4, -0.2) is 35.9 Å². The van der Waals surface area contributed by atoms with Crippen molar-refractivity contribution >= 4 is 40.4 Å². The summed E-state index contributed by atoms with van der Waals surface area (Å²) in [6.45, 7) is 3.43. The van der Waals surface area contributed by atoms with Gasteiger partial charge in [0, 0.05) is 39.9 Å². The fourth-order valence-electron chi connectivity index (χ4n) is 5.73. The number of carbonyl (C=O) groups is 3. The smallest absolute Gasteiger partial charge is 0.338 e. The summed E-state index contributed by atoms with van der Waals surface area (Å²) in [7, 11) is 0. The summed E-state index contributed by atoms with van der Waals surface area (Å²) in [6, 6.07) is 18.5.